The second-order valence-corrected chi connectivity index (χ2v) is 5.25. The van der Waals surface area contributed by atoms with E-state index in [4.69, 9.17) is 11.7 Å². The Labute approximate surface area is 71.3 Å². The minimum absolute atomic E-state index is 0.611. The Bertz CT molecular complexity index is 97.6. The van der Waals surface area contributed by atoms with E-state index < -0.39 is 0 Å². The Hall–Kier alpha value is 0.660. The molecule has 58 valence electrons. The van der Waals surface area contributed by atoms with Crippen molar-refractivity contribution in [2.45, 2.75) is 16.3 Å². The minimum Gasteiger partial charge on any atom is -0.384 e. The maximum absolute atomic E-state index is 5.51. The van der Waals surface area contributed by atoms with Crippen molar-refractivity contribution in [2.24, 2.45) is 0 Å². The van der Waals surface area contributed by atoms with Crippen molar-refractivity contribution < 1.29 is 4.74 Å². The second kappa shape index (κ2) is 4.52. The predicted molar refractivity (Wildman–Crippen MR) is 48.4 cm³/mol. The van der Waals surface area contributed by atoms with E-state index in [9.17, 15) is 0 Å². The first kappa shape index (κ1) is 8.75. The zero-order chi connectivity index (χ0) is 7.40. The molecular weight excluding hydrogens is 164 g/mol. The maximum Gasteiger partial charge on any atom is 0.0589 e. The van der Waals surface area contributed by atoms with Gasteiger partial charge in [0.2, 0.25) is 0 Å². The molecule has 3 heteroatoms. The van der Waals surface area contributed by atoms with Gasteiger partial charge in [0.05, 0.1) is 11.2 Å². The van der Waals surface area contributed by atoms with Gasteiger partial charge in [0.25, 0.3) is 0 Å². The van der Waals surface area contributed by atoms with Gasteiger partial charge in [-0.2, -0.15) is 0 Å². The molecule has 0 saturated carbocycles. The number of methoxy groups -OCH3 is 1. The third-order valence-electron chi connectivity index (χ3n) is 1.36. The van der Waals surface area contributed by atoms with E-state index in [-0.39, 0.29) is 0 Å². The van der Waals surface area contributed by atoms with Crippen molar-refractivity contribution >= 4 is 23.5 Å². The molecule has 1 saturated heterocycles. The molecule has 1 heterocycles. The molecule has 1 fully saturated rings. The summed E-state index contributed by atoms with van der Waals surface area (Å²) >= 11 is 3.90. The van der Waals surface area contributed by atoms with Crippen molar-refractivity contribution in [2.75, 3.05) is 19.5 Å². The summed E-state index contributed by atoms with van der Waals surface area (Å²) in [5, 5.41) is 0.670. The molecule has 0 aliphatic carbocycles. The third kappa shape index (κ3) is 2.36. The van der Waals surface area contributed by atoms with Crippen LogP contribution < -0.4 is 0 Å². The number of rotatable bonds is 3. The molecule has 0 aromatic carbocycles. The van der Waals surface area contributed by atoms with E-state index >= 15 is 0 Å². The van der Waals surface area contributed by atoms with Gasteiger partial charge in [-0.05, 0) is 13.3 Å². The third-order valence-corrected chi connectivity index (χ3v) is 4.65. The van der Waals surface area contributed by atoms with E-state index in [1.807, 2.05) is 23.5 Å². The summed E-state index contributed by atoms with van der Waals surface area (Å²) in [6, 6.07) is 0. The molecule has 0 bridgehead atoms. The molecule has 0 spiro atoms. The molecule has 1 nitrogen and oxygen atoms in total. The van der Waals surface area contributed by atoms with Crippen LogP contribution >= 0.6 is 23.5 Å². The van der Waals surface area contributed by atoms with Gasteiger partial charge in [-0.3, -0.25) is 0 Å². The highest BCUT2D eigenvalue weighted by Gasteiger charge is 2.23. The lowest BCUT2D eigenvalue weighted by molar-refractivity contribution is 0.204. The standard InChI is InChI=1S/C7H12OS2/c1-3-7-9-5-6(10-7)4-8-2/h1,6-7H,3-5H2,2H3. The topological polar surface area (TPSA) is 9.23 Å². The van der Waals surface area contributed by atoms with Gasteiger partial charge in [0.15, 0.2) is 0 Å². The maximum atomic E-state index is 5.51. The van der Waals surface area contributed by atoms with Gasteiger partial charge in [-0.1, -0.05) is 0 Å². The lowest BCUT2D eigenvalue weighted by Crippen LogP contribution is -2.09. The zero-order valence-electron chi connectivity index (χ0n) is 6.08. The van der Waals surface area contributed by atoms with E-state index in [0.29, 0.717) is 9.83 Å². The fourth-order valence-electron chi connectivity index (χ4n) is 0.905. The highest BCUT2D eigenvalue weighted by Crippen LogP contribution is 2.39. The molecule has 0 aromatic heterocycles. The molecular formula is C7H12OS2. The summed E-state index contributed by atoms with van der Waals surface area (Å²) in [5.41, 5.74) is 0. The first-order valence-electron chi connectivity index (χ1n) is 3.33. The average Bonchev–Trinajstić information content (AvgIpc) is 2.37. The first-order valence-corrected chi connectivity index (χ1v) is 5.32. The van der Waals surface area contributed by atoms with Crippen LogP contribution in [0.1, 0.15) is 6.42 Å². The molecule has 0 N–H and O–H groups in total. The van der Waals surface area contributed by atoms with Gasteiger partial charge in [0, 0.05) is 18.1 Å². The van der Waals surface area contributed by atoms with Crippen LogP contribution in [0.3, 0.4) is 0 Å². The van der Waals surface area contributed by atoms with Crippen molar-refractivity contribution in [1.82, 2.24) is 0 Å². The molecule has 1 aliphatic heterocycles. The van der Waals surface area contributed by atoms with E-state index in [0.717, 1.165) is 13.0 Å². The van der Waals surface area contributed by atoms with E-state index in [1.165, 1.54) is 5.75 Å². The lowest BCUT2D eigenvalue weighted by Gasteiger charge is -2.06. The monoisotopic (exact) mass is 176 g/mol. The smallest absolute Gasteiger partial charge is 0.0589 e. The summed E-state index contributed by atoms with van der Waals surface area (Å²) in [4.78, 5) is 0. The van der Waals surface area contributed by atoms with Crippen LogP contribution in [0.4, 0.5) is 0 Å². The Morgan fingerprint density at radius 1 is 1.70 bits per heavy atom. The SMILES string of the molecule is [CH]CC1SCC(COC)S1. The molecule has 2 radical (unpaired) electrons. The number of ether oxygens (including phenoxy) is 1. The van der Waals surface area contributed by atoms with Crippen LogP contribution in [0, 0.1) is 6.92 Å². The minimum atomic E-state index is 0.611. The average molecular weight is 176 g/mol. The lowest BCUT2D eigenvalue weighted by atomic mass is 10.5. The van der Waals surface area contributed by atoms with Gasteiger partial charge >= 0.3 is 0 Å². The molecule has 2 atom stereocenters. The van der Waals surface area contributed by atoms with Crippen LogP contribution in [0.15, 0.2) is 0 Å². The summed E-state index contributed by atoms with van der Waals surface area (Å²) in [7, 11) is 1.75. The van der Waals surface area contributed by atoms with Crippen molar-refractivity contribution in [3.8, 4) is 0 Å². The highest BCUT2D eigenvalue weighted by molar-refractivity contribution is 8.20. The fraction of sp³-hybridized carbons (Fsp3) is 0.857. The fourth-order valence-corrected chi connectivity index (χ4v) is 3.89. The van der Waals surface area contributed by atoms with Crippen molar-refractivity contribution in [3.63, 3.8) is 0 Å². The van der Waals surface area contributed by atoms with Gasteiger partial charge in [-0.25, -0.2) is 0 Å². The summed E-state index contributed by atoms with van der Waals surface area (Å²) < 4.78 is 5.65. The number of thioether (sulfide) groups is 2. The number of hydrogen-bond acceptors (Lipinski definition) is 3. The van der Waals surface area contributed by atoms with E-state index in [1.54, 1.807) is 7.11 Å². The van der Waals surface area contributed by atoms with Crippen molar-refractivity contribution in [3.05, 3.63) is 6.92 Å². The molecule has 10 heavy (non-hydrogen) atoms. The normalized spacial score (nSPS) is 33.0. The molecule has 1 rings (SSSR count). The van der Waals surface area contributed by atoms with Gasteiger partial charge in [-0.15, -0.1) is 23.5 Å². The first-order chi connectivity index (χ1) is 4.86. The van der Waals surface area contributed by atoms with Crippen LogP contribution in [-0.4, -0.2) is 29.3 Å². The quantitative estimate of drug-likeness (QED) is 0.650. The van der Waals surface area contributed by atoms with Gasteiger partial charge in [0.1, 0.15) is 0 Å². The Morgan fingerprint density at radius 3 is 3.00 bits per heavy atom. The zero-order valence-corrected chi connectivity index (χ0v) is 7.71. The molecule has 0 amide bonds. The Morgan fingerprint density at radius 2 is 2.50 bits per heavy atom. The summed E-state index contributed by atoms with van der Waals surface area (Å²) in [6.45, 7) is 6.38. The molecule has 1 aliphatic rings. The number of hydrogen-bond donors (Lipinski definition) is 0. The molecule has 0 aromatic rings. The Kier molecular flexibility index (Phi) is 3.96. The second-order valence-electron chi connectivity index (χ2n) is 2.21. The van der Waals surface area contributed by atoms with Gasteiger partial charge < -0.3 is 4.74 Å². The highest BCUT2D eigenvalue weighted by atomic mass is 32.2. The van der Waals surface area contributed by atoms with E-state index in [2.05, 4.69) is 0 Å². The summed E-state index contributed by atoms with van der Waals surface area (Å²) in [6.07, 6.45) is 0.787. The predicted octanol–water partition coefficient (Wildman–Crippen LogP) is 1.91. The Balaban J connectivity index is 2.15. The van der Waals surface area contributed by atoms with Crippen LogP contribution in [0.25, 0.3) is 0 Å². The van der Waals surface area contributed by atoms with Crippen LogP contribution in [0.5, 0.6) is 0 Å². The summed E-state index contributed by atoms with van der Waals surface area (Å²) in [5.74, 6) is 1.19. The van der Waals surface area contributed by atoms with Crippen LogP contribution in [-0.2, 0) is 4.74 Å². The largest absolute Gasteiger partial charge is 0.384 e. The van der Waals surface area contributed by atoms with Crippen LogP contribution in [0.2, 0.25) is 0 Å². The molecule has 2 unspecified atom stereocenters. The van der Waals surface area contributed by atoms with Crippen molar-refractivity contribution in [1.29, 1.82) is 0 Å².